The van der Waals surface area contributed by atoms with Crippen LogP contribution in [-0.4, -0.2) is 20.4 Å². The molecule has 0 fully saturated rings. The van der Waals surface area contributed by atoms with Gasteiger partial charge in [-0.15, -0.1) is 0 Å². The quantitative estimate of drug-likeness (QED) is 0.705. The van der Waals surface area contributed by atoms with Gasteiger partial charge in [-0.05, 0) is 42.2 Å². The number of carbonyl (C=O) groups is 1. The Hall–Kier alpha value is -2.05. The molecule has 146 valence electrons. The number of carbonyl (C=O) groups excluding carboxylic acids is 1. The van der Waals surface area contributed by atoms with Crippen LogP contribution in [0.5, 0.6) is 0 Å². The first-order valence-electron chi connectivity index (χ1n) is 8.80. The Morgan fingerprint density at radius 2 is 1.56 bits per heavy atom. The predicted molar refractivity (Wildman–Crippen MR) is 110 cm³/mol. The van der Waals surface area contributed by atoms with E-state index in [0.29, 0.717) is 5.69 Å². The lowest BCUT2D eigenvalue weighted by Gasteiger charge is -2.26. The Balaban J connectivity index is 2.31. The Labute approximate surface area is 166 Å². The van der Waals surface area contributed by atoms with E-state index in [9.17, 15) is 13.2 Å². The van der Waals surface area contributed by atoms with Crippen LogP contribution in [0.25, 0.3) is 0 Å². The predicted octanol–water partition coefficient (Wildman–Crippen LogP) is 4.55. The Morgan fingerprint density at radius 1 is 0.963 bits per heavy atom. The normalized spacial score (nSPS) is 11.9. The first-order chi connectivity index (χ1) is 12.6. The van der Waals surface area contributed by atoms with Crippen molar-refractivity contribution in [3.63, 3.8) is 0 Å². The molecule has 2 aromatic carbocycles. The molecule has 0 aliphatic heterocycles. The summed E-state index contributed by atoms with van der Waals surface area (Å²) in [6.07, 6.45) is 0. The summed E-state index contributed by atoms with van der Waals surface area (Å²) in [4.78, 5) is 12.5. The lowest BCUT2D eigenvalue weighted by molar-refractivity contribution is 0.0910. The molecule has 0 spiro atoms. The number of amides is 1. The molecule has 0 bridgehead atoms. The van der Waals surface area contributed by atoms with Crippen LogP contribution >= 0.6 is 11.6 Å². The van der Waals surface area contributed by atoms with Gasteiger partial charge in [0.05, 0.1) is 5.02 Å². The summed E-state index contributed by atoms with van der Waals surface area (Å²) < 4.78 is 27.9. The zero-order chi connectivity index (χ0) is 20.2. The Bertz CT molecular complexity index is 889. The molecule has 0 aliphatic rings. The van der Waals surface area contributed by atoms with E-state index >= 15 is 0 Å². The molecule has 0 aromatic heterocycles. The summed E-state index contributed by atoms with van der Waals surface area (Å²) in [7, 11) is -3.92. The maximum Gasteiger partial charge on any atom is 0.263 e. The average Bonchev–Trinajstić information content (AvgIpc) is 2.59. The monoisotopic (exact) mass is 408 g/mol. The van der Waals surface area contributed by atoms with Crippen molar-refractivity contribution >= 4 is 33.2 Å². The van der Waals surface area contributed by atoms with Crippen LogP contribution in [0.15, 0.2) is 53.4 Å². The minimum Gasteiger partial charge on any atom is -0.349 e. The zero-order valence-electron chi connectivity index (χ0n) is 15.9. The summed E-state index contributed by atoms with van der Waals surface area (Å²) in [6, 6.07) is 12.7. The fraction of sp³-hybridized carbons (Fsp3) is 0.350. The summed E-state index contributed by atoms with van der Waals surface area (Å²) in [5, 5.41) is 3.04. The van der Waals surface area contributed by atoms with Gasteiger partial charge in [-0.1, -0.05) is 57.5 Å². The van der Waals surface area contributed by atoms with Crippen molar-refractivity contribution in [1.82, 2.24) is 5.32 Å². The van der Waals surface area contributed by atoms with Crippen molar-refractivity contribution < 1.29 is 13.2 Å². The largest absolute Gasteiger partial charge is 0.349 e. The second-order valence-electron chi connectivity index (χ2n) is 7.10. The van der Waals surface area contributed by atoms with E-state index in [-0.39, 0.29) is 39.3 Å². The van der Waals surface area contributed by atoms with Gasteiger partial charge >= 0.3 is 0 Å². The maximum atomic E-state index is 12.7. The number of hydrogen-bond donors (Lipinski definition) is 2. The number of hydrogen-bond acceptors (Lipinski definition) is 3. The van der Waals surface area contributed by atoms with Crippen molar-refractivity contribution in [2.24, 2.45) is 11.8 Å². The van der Waals surface area contributed by atoms with Crippen molar-refractivity contribution in [3.8, 4) is 0 Å². The second-order valence-corrected chi connectivity index (χ2v) is 9.16. The highest BCUT2D eigenvalue weighted by atomic mass is 35.5. The second kappa shape index (κ2) is 8.76. The molecule has 2 rings (SSSR count). The molecule has 7 heteroatoms. The molecule has 5 nitrogen and oxygen atoms in total. The lowest BCUT2D eigenvalue weighted by Crippen LogP contribution is -2.42. The first-order valence-corrected chi connectivity index (χ1v) is 10.7. The SMILES string of the molecule is CC(C)C(NC(=O)c1ccc(Cl)c(S(=O)(=O)Nc2ccccc2)c1)C(C)C. The third-order valence-corrected chi connectivity index (χ3v) is 6.11. The van der Waals surface area contributed by atoms with E-state index in [1.54, 1.807) is 30.3 Å². The molecule has 0 saturated carbocycles. The van der Waals surface area contributed by atoms with Gasteiger partial charge in [0, 0.05) is 17.3 Å². The van der Waals surface area contributed by atoms with Gasteiger partial charge in [-0.25, -0.2) is 8.42 Å². The van der Waals surface area contributed by atoms with Crippen molar-refractivity contribution in [2.45, 2.75) is 38.6 Å². The molecule has 2 N–H and O–H groups in total. The van der Waals surface area contributed by atoms with Crippen LogP contribution < -0.4 is 10.0 Å². The molecule has 0 aliphatic carbocycles. The van der Waals surface area contributed by atoms with Gasteiger partial charge in [0.2, 0.25) is 0 Å². The highest BCUT2D eigenvalue weighted by Gasteiger charge is 2.23. The minimum absolute atomic E-state index is 0.0179. The van der Waals surface area contributed by atoms with Crippen molar-refractivity contribution in [1.29, 1.82) is 0 Å². The van der Waals surface area contributed by atoms with Gasteiger partial charge in [0.15, 0.2) is 0 Å². The maximum absolute atomic E-state index is 12.7. The van der Waals surface area contributed by atoms with Crippen LogP contribution in [0.4, 0.5) is 5.69 Å². The van der Waals surface area contributed by atoms with E-state index in [4.69, 9.17) is 11.6 Å². The van der Waals surface area contributed by atoms with Crippen molar-refractivity contribution in [2.75, 3.05) is 4.72 Å². The number of anilines is 1. The Morgan fingerprint density at radius 3 is 2.11 bits per heavy atom. The van der Waals surface area contributed by atoms with E-state index in [0.717, 1.165) is 0 Å². The van der Waals surface area contributed by atoms with Crippen molar-refractivity contribution in [3.05, 3.63) is 59.1 Å². The zero-order valence-corrected chi connectivity index (χ0v) is 17.4. The smallest absolute Gasteiger partial charge is 0.263 e. The third kappa shape index (κ3) is 5.47. The summed E-state index contributed by atoms with van der Waals surface area (Å²) in [5.74, 6) is 0.184. The molecule has 0 unspecified atom stereocenters. The fourth-order valence-corrected chi connectivity index (χ4v) is 4.49. The molecular formula is C20H25ClN2O3S. The summed E-state index contributed by atoms with van der Waals surface area (Å²) in [6.45, 7) is 8.14. The topological polar surface area (TPSA) is 75.3 Å². The number of sulfonamides is 1. The average molecular weight is 409 g/mol. The molecule has 0 radical (unpaired) electrons. The summed E-state index contributed by atoms with van der Waals surface area (Å²) in [5.41, 5.74) is 0.669. The van der Waals surface area contributed by atoms with Gasteiger partial charge in [0.25, 0.3) is 15.9 Å². The molecule has 27 heavy (non-hydrogen) atoms. The molecular weight excluding hydrogens is 384 g/mol. The van der Waals surface area contributed by atoms with Crippen LogP contribution in [0.2, 0.25) is 5.02 Å². The van der Waals surface area contributed by atoms with E-state index in [1.165, 1.54) is 18.2 Å². The number of benzene rings is 2. The number of para-hydroxylation sites is 1. The fourth-order valence-electron chi connectivity index (χ4n) is 2.90. The van der Waals surface area contributed by atoms with Crippen LogP contribution in [0.3, 0.4) is 0 Å². The molecule has 0 saturated heterocycles. The van der Waals surface area contributed by atoms with Gasteiger partial charge < -0.3 is 5.32 Å². The minimum atomic E-state index is -3.92. The van der Waals surface area contributed by atoms with Crippen LogP contribution in [0.1, 0.15) is 38.1 Å². The summed E-state index contributed by atoms with van der Waals surface area (Å²) >= 11 is 6.11. The lowest BCUT2D eigenvalue weighted by atomic mass is 9.93. The number of halogens is 1. The van der Waals surface area contributed by atoms with Gasteiger partial charge in [-0.2, -0.15) is 0 Å². The Kier molecular flexibility index (Phi) is 6.89. The molecule has 0 atom stereocenters. The molecule has 0 heterocycles. The highest BCUT2D eigenvalue weighted by molar-refractivity contribution is 7.92. The van der Waals surface area contributed by atoms with Gasteiger partial charge in [0.1, 0.15) is 4.90 Å². The highest BCUT2D eigenvalue weighted by Crippen LogP contribution is 2.25. The van der Waals surface area contributed by atoms with Crippen LogP contribution in [0, 0.1) is 11.8 Å². The first kappa shape index (κ1) is 21.3. The van der Waals surface area contributed by atoms with Gasteiger partial charge in [-0.3, -0.25) is 9.52 Å². The standard InChI is InChI=1S/C20H25ClN2O3S/c1-13(2)19(14(3)4)22-20(24)15-10-11-17(21)18(12-15)27(25,26)23-16-8-6-5-7-9-16/h5-14,19,23H,1-4H3,(H,22,24). The number of rotatable bonds is 7. The van der Waals surface area contributed by atoms with E-state index in [1.807, 2.05) is 27.7 Å². The van der Waals surface area contributed by atoms with E-state index in [2.05, 4.69) is 10.0 Å². The number of nitrogens with one attached hydrogen (secondary N) is 2. The molecule has 1 amide bonds. The van der Waals surface area contributed by atoms with E-state index < -0.39 is 10.0 Å². The van der Waals surface area contributed by atoms with Crippen LogP contribution in [-0.2, 0) is 10.0 Å². The molecule has 2 aromatic rings. The third-order valence-electron chi connectivity index (χ3n) is 4.24.